The average Bonchev–Trinajstić information content (AvgIpc) is 2.90. The second kappa shape index (κ2) is 14.5. The van der Waals surface area contributed by atoms with Crippen LogP contribution in [-0.4, -0.2) is 65.8 Å². The predicted molar refractivity (Wildman–Crippen MR) is 140 cm³/mol. The number of pyridine rings is 1. The van der Waals surface area contributed by atoms with Crippen molar-refractivity contribution in [2.45, 2.75) is 63.8 Å². The van der Waals surface area contributed by atoms with Gasteiger partial charge in [-0.25, -0.2) is 9.78 Å². The second-order valence-corrected chi connectivity index (χ2v) is 9.50. The highest BCUT2D eigenvalue weighted by Crippen LogP contribution is 2.20. The van der Waals surface area contributed by atoms with Gasteiger partial charge in [-0.2, -0.15) is 0 Å². The van der Waals surface area contributed by atoms with Crippen LogP contribution in [0, 0.1) is 0 Å². The fraction of sp³-hybridized carbons (Fsp3) is 0.536. The molecule has 36 heavy (non-hydrogen) atoms. The van der Waals surface area contributed by atoms with Crippen molar-refractivity contribution in [2.24, 2.45) is 0 Å². The summed E-state index contributed by atoms with van der Waals surface area (Å²) in [5, 5.41) is 15.7. The van der Waals surface area contributed by atoms with Crippen molar-refractivity contribution < 1.29 is 19.1 Å². The SMILES string of the molecule is CC(C(=O)NC(CCN(CCCF)CCCCc1ccc2c(n1)NCCC2)C(=O)O)c1ccccc1. The number of unbranched alkanes of at least 4 members (excludes halogenated alkanes) is 1. The summed E-state index contributed by atoms with van der Waals surface area (Å²) >= 11 is 0. The molecule has 0 aliphatic carbocycles. The lowest BCUT2D eigenvalue weighted by Crippen LogP contribution is -2.44. The maximum absolute atomic E-state index is 12.9. The van der Waals surface area contributed by atoms with Crippen LogP contribution in [0.15, 0.2) is 42.5 Å². The fourth-order valence-electron chi connectivity index (χ4n) is 4.53. The molecule has 0 fully saturated rings. The molecule has 2 heterocycles. The van der Waals surface area contributed by atoms with Gasteiger partial charge in [0.1, 0.15) is 11.9 Å². The number of halogens is 1. The molecule has 0 saturated heterocycles. The van der Waals surface area contributed by atoms with Gasteiger partial charge in [0.2, 0.25) is 5.91 Å². The Morgan fingerprint density at radius 3 is 2.64 bits per heavy atom. The number of amides is 1. The van der Waals surface area contributed by atoms with Crippen LogP contribution < -0.4 is 10.6 Å². The van der Waals surface area contributed by atoms with Crippen molar-refractivity contribution in [3.63, 3.8) is 0 Å². The number of aryl methyl sites for hydroxylation is 2. The van der Waals surface area contributed by atoms with Crippen LogP contribution in [0.3, 0.4) is 0 Å². The Morgan fingerprint density at radius 2 is 1.89 bits per heavy atom. The van der Waals surface area contributed by atoms with Crippen LogP contribution in [0.4, 0.5) is 10.2 Å². The lowest BCUT2D eigenvalue weighted by molar-refractivity contribution is -0.142. The number of aromatic nitrogens is 1. The van der Waals surface area contributed by atoms with Crippen molar-refractivity contribution in [3.8, 4) is 0 Å². The van der Waals surface area contributed by atoms with E-state index in [0.717, 1.165) is 62.3 Å². The smallest absolute Gasteiger partial charge is 0.326 e. The number of carbonyl (C=O) groups excluding carboxylic acids is 1. The minimum absolute atomic E-state index is 0.271. The zero-order chi connectivity index (χ0) is 25.8. The van der Waals surface area contributed by atoms with Gasteiger partial charge >= 0.3 is 5.97 Å². The Morgan fingerprint density at radius 1 is 1.11 bits per heavy atom. The van der Waals surface area contributed by atoms with Gasteiger partial charge in [0.05, 0.1) is 12.6 Å². The van der Waals surface area contributed by atoms with Crippen LogP contribution in [0.5, 0.6) is 0 Å². The molecule has 2 atom stereocenters. The highest BCUT2D eigenvalue weighted by Gasteiger charge is 2.24. The number of nitrogens with one attached hydrogen (secondary N) is 2. The molecule has 2 aromatic rings. The normalized spacial score (nSPS) is 14.5. The van der Waals surface area contributed by atoms with E-state index < -0.39 is 24.6 Å². The summed E-state index contributed by atoms with van der Waals surface area (Å²) in [5.74, 6) is -0.799. The number of hydrogen-bond acceptors (Lipinski definition) is 5. The van der Waals surface area contributed by atoms with Gasteiger partial charge in [-0.1, -0.05) is 36.4 Å². The van der Waals surface area contributed by atoms with E-state index >= 15 is 0 Å². The van der Waals surface area contributed by atoms with E-state index in [1.807, 2.05) is 30.3 Å². The van der Waals surface area contributed by atoms with Crippen molar-refractivity contribution in [1.29, 1.82) is 0 Å². The number of aliphatic carboxylic acids is 1. The number of carboxylic acid groups (broad SMARTS) is 1. The van der Waals surface area contributed by atoms with Crippen LogP contribution in [0.25, 0.3) is 0 Å². The molecule has 0 radical (unpaired) electrons. The van der Waals surface area contributed by atoms with Gasteiger partial charge in [-0.05, 0) is 75.6 Å². The number of hydrogen-bond donors (Lipinski definition) is 3. The zero-order valence-corrected chi connectivity index (χ0v) is 21.2. The molecule has 3 N–H and O–H groups in total. The summed E-state index contributed by atoms with van der Waals surface area (Å²) in [4.78, 5) is 31.3. The number of fused-ring (bicyclic) bond motifs is 1. The number of rotatable bonds is 15. The lowest BCUT2D eigenvalue weighted by atomic mass is 10.00. The highest BCUT2D eigenvalue weighted by atomic mass is 19.1. The van der Waals surface area contributed by atoms with Gasteiger partial charge in [-0.3, -0.25) is 9.18 Å². The highest BCUT2D eigenvalue weighted by molar-refractivity contribution is 5.87. The number of nitrogens with zero attached hydrogens (tertiary/aromatic N) is 2. The monoisotopic (exact) mass is 498 g/mol. The molecule has 0 saturated carbocycles. The van der Waals surface area contributed by atoms with Crippen LogP contribution in [-0.2, 0) is 22.4 Å². The largest absolute Gasteiger partial charge is 0.480 e. The van der Waals surface area contributed by atoms with E-state index in [1.165, 1.54) is 5.56 Å². The van der Waals surface area contributed by atoms with Crippen molar-refractivity contribution >= 4 is 17.7 Å². The lowest BCUT2D eigenvalue weighted by Gasteiger charge is -2.25. The molecule has 3 rings (SSSR count). The average molecular weight is 499 g/mol. The summed E-state index contributed by atoms with van der Waals surface area (Å²) in [6.45, 7) is 4.14. The van der Waals surface area contributed by atoms with Gasteiger partial charge < -0.3 is 20.6 Å². The van der Waals surface area contributed by atoms with E-state index in [2.05, 4.69) is 27.7 Å². The summed E-state index contributed by atoms with van der Waals surface area (Å²) in [6, 6.07) is 12.6. The number of anilines is 1. The Balaban J connectivity index is 1.46. The van der Waals surface area contributed by atoms with Crippen LogP contribution >= 0.6 is 0 Å². The van der Waals surface area contributed by atoms with E-state index in [1.54, 1.807) is 6.92 Å². The molecule has 1 aliphatic heterocycles. The first-order chi connectivity index (χ1) is 17.5. The number of carboxylic acids is 1. The summed E-state index contributed by atoms with van der Waals surface area (Å²) in [5.41, 5.74) is 3.19. The third kappa shape index (κ3) is 8.59. The molecular weight excluding hydrogens is 459 g/mol. The van der Waals surface area contributed by atoms with E-state index in [0.29, 0.717) is 19.5 Å². The van der Waals surface area contributed by atoms with Gasteiger partial charge in [0, 0.05) is 25.3 Å². The molecule has 196 valence electrons. The predicted octanol–water partition coefficient (Wildman–Crippen LogP) is 4.19. The Labute approximate surface area is 213 Å². The van der Waals surface area contributed by atoms with E-state index in [9.17, 15) is 19.1 Å². The third-order valence-electron chi connectivity index (χ3n) is 6.76. The Kier molecular flexibility index (Phi) is 11.1. The number of benzene rings is 1. The Bertz CT molecular complexity index is 973. The van der Waals surface area contributed by atoms with E-state index in [-0.39, 0.29) is 12.3 Å². The quantitative estimate of drug-likeness (QED) is 0.319. The fourth-order valence-corrected chi connectivity index (χ4v) is 4.53. The first kappa shape index (κ1) is 27.6. The molecule has 1 aromatic heterocycles. The summed E-state index contributed by atoms with van der Waals surface area (Å²) in [6.07, 6.45) is 5.62. The maximum Gasteiger partial charge on any atom is 0.326 e. The van der Waals surface area contributed by atoms with Gasteiger partial charge in [0.25, 0.3) is 0 Å². The van der Waals surface area contributed by atoms with Crippen molar-refractivity contribution in [1.82, 2.24) is 15.2 Å². The minimum Gasteiger partial charge on any atom is -0.480 e. The standard InChI is InChI=1S/C28H39FN4O3/c1-21(22-9-3-2-4-10-22)27(34)32-25(28(35)36)15-20-33(19-8-16-29)18-6-5-12-24-14-13-23-11-7-17-30-26(23)31-24/h2-4,9-10,13-14,21,25H,5-8,11-12,15-20H2,1H3,(H,30,31)(H,32,34)(H,35,36). The molecule has 1 aliphatic rings. The van der Waals surface area contributed by atoms with Gasteiger partial charge in [-0.15, -0.1) is 0 Å². The second-order valence-electron chi connectivity index (χ2n) is 9.50. The Hall–Kier alpha value is -3.00. The first-order valence-electron chi connectivity index (χ1n) is 13.1. The summed E-state index contributed by atoms with van der Waals surface area (Å²) in [7, 11) is 0. The molecule has 8 heteroatoms. The maximum atomic E-state index is 12.9. The number of alkyl halides is 1. The third-order valence-corrected chi connectivity index (χ3v) is 6.76. The topological polar surface area (TPSA) is 94.6 Å². The molecule has 1 amide bonds. The van der Waals surface area contributed by atoms with Gasteiger partial charge in [0.15, 0.2) is 0 Å². The molecule has 2 unspecified atom stereocenters. The summed E-state index contributed by atoms with van der Waals surface area (Å²) < 4.78 is 12.9. The van der Waals surface area contributed by atoms with Crippen LogP contribution in [0.1, 0.15) is 61.8 Å². The first-order valence-corrected chi connectivity index (χ1v) is 13.1. The van der Waals surface area contributed by atoms with Crippen molar-refractivity contribution in [2.75, 3.05) is 38.2 Å². The molecule has 1 aromatic carbocycles. The van der Waals surface area contributed by atoms with E-state index in [4.69, 9.17) is 4.98 Å². The molecule has 0 spiro atoms. The minimum atomic E-state index is -1.05. The zero-order valence-electron chi connectivity index (χ0n) is 21.2. The molecular formula is C28H39FN4O3. The molecule has 7 nitrogen and oxygen atoms in total. The van der Waals surface area contributed by atoms with Crippen LogP contribution in [0.2, 0.25) is 0 Å². The number of carbonyl (C=O) groups is 2. The molecule has 0 bridgehead atoms. The van der Waals surface area contributed by atoms with Crippen molar-refractivity contribution in [3.05, 3.63) is 59.3 Å².